The van der Waals surface area contributed by atoms with Crippen LogP contribution in [0.25, 0.3) is 21.8 Å². The van der Waals surface area contributed by atoms with Crippen LogP contribution in [0.15, 0.2) is 85.0 Å². The van der Waals surface area contributed by atoms with E-state index in [2.05, 4.69) is 29.0 Å². The molecule has 0 aliphatic carbocycles. The number of hydrogen-bond acceptors (Lipinski definition) is 2. The molecule has 1 aliphatic rings. The second-order valence-corrected chi connectivity index (χ2v) is 8.56. The van der Waals surface area contributed by atoms with Gasteiger partial charge in [-0.3, -0.25) is 14.5 Å². The van der Waals surface area contributed by atoms with Gasteiger partial charge < -0.3 is 9.97 Å². The molecule has 4 aromatic rings. The zero-order chi connectivity index (χ0) is 22.5. The lowest BCUT2D eigenvalue weighted by Gasteiger charge is -2.38. The summed E-state index contributed by atoms with van der Waals surface area (Å²) in [6.07, 6.45) is 9.43. The molecular formula is C27H25N3O2. The Labute approximate surface area is 186 Å². The highest BCUT2D eigenvalue weighted by atomic mass is 16.2. The van der Waals surface area contributed by atoms with Gasteiger partial charge in [-0.2, -0.15) is 0 Å². The number of hydrogen-bond donors (Lipinski definition) is 2. The number of Topliss-reactive ketones (excluding diaryl/α,β-unsaturated/α-hetero) is 1. The van der Waals surface area contributed by atoms with Crippen molar-refractivity contribution in [1.29, 1.82) is 0 Å². The predicted molar refractivity (Wildman–Crippen MR) is 127 cm³/mol. The van der Waals surface area contributed by atoms with E-state index in [9.17, 15) is 9.59 Å². The van der Waals surface area contributed by atoms with E-state index < -0.39 is 11.3 Å². The van der Waals surface area contributed by atoms with Gasteiger partial charge in [0.25, 0.3) is 0 Å². The quantitative estimate of drug-likeness (QED) is 0.460. The molecular weight excluding hydrogens is 398 g/mol. The topological polar surface area (TPSA) is 69.0 Å². The molecule has 32 heavy (non-hydrogen) atoms. The summed E-state index contributed by atoms with van der Waals surface area (Å²) in [6.45, 7) is 5.29. The van der Waals surface area contributed by atoms with E-state index in [4.69, 9.17) is 0 Å². The maximum Gasteiger partial charge on any atom is 0.227 e. The first kappa shape index (κ1) is 20.1. The molecule has 3 heterocycles. The molecule has 1 amide bonds. The summed E-state index contributed by atoms with van der Waals surface area (Å²) < 4.78 is 0. The number of nitrogens with one attached hydrogen (secondary N) is 2. The molecule has 2 aromatic heterocycles. The molecule has 2 aromatic carbocycles. The Bertz CT molecular complexity index is 1340. The SMILES string of the molecule is CC(=O)[C@@H]1C=CN(C(C)=O)C=C1C(C)(c1c[nH]c2ccccc12)c1c[nH]c2ccccc12. The fourth-order valence-corrected chi connectivity index (χ4v) is 4.97. The first-order valence-corrected chi connectivity index (χ1v) is 10.7. The number of carbonyl (C=O) groups excluding carboxylic acids is 2. The van der Waals surface area contributed by atoms with Crippen LogP contribution in [0, 0.1) is 5.92 Å². The molecule has 5 heteroatoms. The summed E-state index contributed by atoms with van der Waals surface area (Å²) in [7, 11) is 0. The number of H-pyrrole nitrogens is 2. The van der Waals surface area contributed by atoms with Crippen LogP contribution < -0.4 is 0 Å². The fourth-order valence-electron chi connectivity index (χ4n) is 4.97. The lowest BCUT2D eigenvalue weighted by Crippen LogP contribution is -2.36. The number of aromatic nitrogens is 2. The number of amides is 1. The standard InChI is InChI=1S/C27H25N3O2/c1-17(31)19-12-13-30(18(2)32)16-24(19)27(3,22-14-28-25-10-6-4-8-20(22)25)23-15-29-26-11-7-5-9-21(23)26/h4-16,19,28-29H,1-3H3/t19-/m0/s1. The van der Waals surface area contributed by atoms with Gasteiger partial charge in [0, 0.05) is 58.9 Å². The number of para-hydroxylation sites is 2. The van der Waals surface area contributed by atoms with Crippen LogP contribution in [0.1, 0.15) is 31.9 Å². The third-order valence-electron chi connectivity index (χ3n) is 6.69. The second kappa shape index (κ2) is 7.38. The minimum Gasteiger partial charge on any atom is -0.361 e. The van der Waals surface area contributed by atoms with Crippen LogP contribution in [0.2, 0.25) is 0 Å². The summed E-state index contributed by atoms with van der Waals surface area (Å²) in [5, 5.41) is 2.18. The van der Waals surface area contributed by atoms with Crippen molar-refractivity contribution >= 4 is 33.5 Å². The second-order valence-electron chi connectivity index (χ2n) is 8.56. The molecule has 160 valence electrons. The molecule has 0 bridgehead atoms. The van der Waals surface area contributed by atoms with E-state index in [0.29, 0.717) is 0 Å². The van der Waals surface area contributed by atoms with Crippen molar-refractivity contribution in [1.82, 2.24) is 14.9 Å². The Hall–Kier alpha value is -3.86. The minimum atomic E-state index is -0.673. The Morgan fingerprint density at radius 3 is 1.91 bits per heavy atom. The van der Waals surface area contributed by atoms with Gasteiger partial charge in [0.15, 0.2) is 0 Å². The maximum atomic E-state index is 12.8. The molecule has 0 fully saturated rings. The van der Waals surface area contributed by atoms with Crippen molar-refractivity contribution in [2.75, 3.05) is 0 Å². The third kappa shape index (κ3) is 2.93. The van der Waals surface area contributed by atoms with E-state index in [1.165, 1.54) is 6.92 Å². The van der Waals surface area contributed by atoms with Gasteiger partial charge in [-0.15, -0.1) is 0 Å². The van der Waals surface area contributed by atoms with Crippen LogP contribution in [-0.4, -0.2) is 26.6 Å². The van der Waals surface area contributed by atoms with Gasteiger partial charge in [-0.25, -0.2) is 0 Å². The van der Waals surface area contributed by atoms with Crippen molar-refractivity contribution in [3.05, 3.63) is 96.1 Å². The lowest BCUT2D eigenvalue weighted by molar-refractivity contribution is -0.125. The van der Waals surface area contributed by atoms with Crippen LogP contribution in [-0.2, 0) is 15.0 Å². The fraction of sp³-hybridized carbons (Fsp3) is 0.185. The van der Waals surface area contributed by atoms with Crippen LogP contribution in [0.5, 0.6) is 0 Å². The molecule has 0 unspecified atom stereocenters. The smallest absolute Gasteiger partial charge is 0.227 e. The normalized spacial score (nSPS) is 16.5. The average molecular weight is 424 g/mol. The highest BCUT2D eigenvalue weighted by Crippen LogP contribution is 2.48. The molecule has 1 aliphatic heterocycles. The number of allylic oxidation sites excluding steroid dienone is 2. The van der Waals surface area contributed by atoms with Gasteiger partial charge in [-0.05, 0) is 42.7 Å². The molecule has 0 saturated carbocycles. The number of fused-ring (bicyclic) bond motifs is 2. The lowest BCUT2D eigenvalue weighted by atomic mass is 9.65. The third-order valence-corrected chi connectivity index (χ3v) is 6.69. The predicted octanol–water partition coefficient (Wildman–Crippen LogP) is 5.42. The summed E-state index contributed by atoms with van der Waals surface area (Å²) in [5.74, 6) is -0.486. The minimum absolute atomic E-state index is 0.0432. The van der Waals surface area contributed by atoms with Gasteiger partial charge in [0.1, 0.15) is 5.78 Å². The molecule has 1 atom stereocenters. The van der Waals surface area contributed by atoms with Crippen LogP contribution >= 0.6 is 0 Å². The Morgan fingerprint density at radius 1 is 0.875 bits per heavy atom. The molecule has 0 saturated heterocycles. The summed E-state index contributed by atoms with van der Waals surface area (Å²) in [6, 6.07) is 16.3. The first-order chi connectivity index (χ1) is 15.4. The van der Waals surface area contributed by atoms with Crippen molar-refractivity contribution in [2.45, 2.75) is 26.2 Å². The van der Waals surface area contributed by atoms with E-state index in [1.807, 2.05) is 61.1 Å². The van der Waals surface area contributed by atoms with Gasteiger partial charge in [-0.1, -0.05) is 42.5 Å². The number of aromatic amines is 2. The van der Waals surface area contributed by atoms with Gasteiger partial charge in [0.2, 0.25) is 5.91 Å². The van der Waals surface area contributed by atoms with Gasteiger partial charge in [0.05, 0.1) is 5.92 Å². The zero-order valence-corrected chi connectivity index (χ0v) is 18.3. The van der Waals surface area contributed by atoms with Crippen LogP contribution in [0.3, 0.4) is 0 Å². The van der Waals surface area contributed by atoms with E-state index in [0.717, 1.165) is 38.5 Å². The van der Waals surface area contributed by atoms with Crippen molar-refractivity contribution in [3.63, 3.8) is 0 Å². The number of benzene rings is 2. The highest BCUT2D eigenvalue weighted by molar-refractivity contribution is 5.93. The monoisotopic (exact) mass is 423 g/mol. The van der Waals surface area contributed by atoms with Crippen molar-refractivity contribution in [3.8, 4) is 0 Å². The average Bonchev–Trinajstić information content (AvgIpc) is 3.43. The van der Waals surface area contributed by atoms with Crippen molar-refractivity contribution < 1.29 is 9.59 Å². The molecule has 5 nitrogen and oxygen atoms in total. The molecule has 0 radical (unpaired) electrons. The van der Waals surface area contributed by atoms with Gasteiger partial charge >= 0.3 is 0 Å². The molecule has 2 N–H and O–H groups in total. The van der Waals surface area contributed by atoms with Crippen LogP contribution in [0.4, 0.5) is 0 Å². The summed E-state index contributed by atoms with van der Waals surface area (Å²) in [5.41, 5.74) is 4.39. The Morgan fingerprint density at radius 2 is 1.41 bits per heavy atom. The number of nitrogens with zero attached hydrogens (tertiary/aromatic N) is 1. The largest absolute Gasteiger partial charge is 0.361 e. The van der Waals surface area contributed by atoms with E-state index in [1.54, 1.807) is 18.0 Å². The number of carbonyl (C=O) groups is 2. The van der Waals surface area contributed by atoms with E-state index >= 15 is 0 Å². The number of rotatable bonds is 4. The Balaban J connectivity index is 1.86. The maximum absolute atomic E-state index is 12.8. The van der Waals surface area contributed by atoms with E-state index in [-0.39, 0.29) is 11.7 Å². The molecule has 5 rings (SSSR count). The number of ketones is 1. The molecule has 0 spiro atoms. The Kier molecular flexibility index (Phi) is 4.63. The first-order valence-electron chi connectivity index (χ1n) is 10.7. The highest BCUT2D eigenvalue weighted by Gasteiger charge is 2.42. The zero-order valence-electron chi connectivity index (χ0n) is 18.3. The summed E-state index contributed by atoms with van der Waals surface area (Å²) >= 11 is 0. The van der Waals surface area contributed by atoms with Crippen molar-refractivity contribution in [2.24, 2.45) is 5.92 Å². The summed E-state index contributed by atoms with van der Waals surface area (Å²) in [4.78, 5) is 33.4.